The zero-order valence-electron chi connectivity index (χ0n) is 13.8. The van der Waals surface area contributed by atoms with Crippen LogP contribution in [0.5, 0.6) is 0 Å². The second-order valence-electron chi connectivity index (χ2n) is 5.67. The molecule has 0 atom stereocenters. The SMILES string of the molecule is Cc1cccc(NC(=S)Nc2nn(Cc3c(F)cccc3Cl)cc2Cl)c1. The molecule has 2 N–H and O–H groups in total. The second kappa shape index (κ2) is 8.03. The molecule has 2 aromatic carbocycles. The van der Waals surface area contributed by atoms with E-state index >= 15 is 0 Å². The largest absolute Gasteiger partial charge is 0.332 e. The third-order valence-electron chi connectivity index (χ3n) is 3.61. The van der Waals surface area contributed by atoms with Gasteiger partial charge in [0.1, 0.15) is 10.8 Å². The van der Waals surface area contributed by atoms with E-state index in [1.165, 1.54) is 10.7 Å². The lowest BCUT2D eigenvalue weighted by Gasteiger charge is -2.09. The Hall–Kier alpha value is -2.15. The van der Waals surface area contributed by atoms with Crippen molar-refractivity contribution < 1.29 is 4.39 Å². The Labute approximate surface area is 165 Å². The van der Waals surface area contributed by atoms with Crippen LogP contribution in [0.2, 0.25) is 10.0 Å². The summed E-state index contributed by atoms with van der Waals surface area (Å²) in [5.41, 5.74) is 2.32. The summed E-state index contributed by atoms with van der Waals surface area (Å²) in [7, 11) is 0. The Bertz CT molecular complexity index is 938. The van der Waals surface area contributed by atoms with E-state index in [-0.39, 0.29) is 6.54 Å². The average Bonchev–Trinajstić information content (AvgIpc) is 2.90. The molecule has 0 fully saturated rings. The predicted octanol–water partition coefficient (Wildman–Crippen LogP) is 5.49. The van der Waals surface area contributed by atoms with Gasteiger partial charge in [0.05, 0.1) is 6.54 Å². The third-order valence-corrected chi connectivity index (χ3v) is 4.44. The highest BCUT2D eigenvalue weighted by Crippen LogP contribution is 2.24. The minimum atomic E-state index is -0.393. The molecule has 26 heavy (non-hydrogen) atoms. The molecule has 1 heterocycles. The summed E-state index contributed by atoms with van der Waals surface area (Å²) in [6.07, 6.45) is 1.59. The van der Waals surface area contributed by atoms with Gasteiger partial charge in [0.2, 0.25) is 0 Å². The van der Waals surface area contributed by atoms with Crippen molar-refractivity contribution in [2.45, 2.75) is 13.5 Å². The maximum Gasteiger partial charge on any atom is 0.176 e. The summed E-state index contributed by atoms with van der Waals surface area (Å²) in [5, 5.41) is 11.4. The van der Waals surface area contributed by atoms with E-state index < -0.39 is 5.82 Å². The van der Waals surface area contributed by atoms with Gasteiger partial charge >= 0.3 is 0 Å². The minimum Gasteiger partial charge on any atom is -0.332 e. The number of hydrogen-bond acceptors (Lipinski definition) is 2. The van der Waals surface area contributed by atoms with Crippen molar-refractivity contribution in [2.75, 3.05) is 10.6 Å². The molecule has 0 saturated heterocycles. The van der Waals surface area contributed by atoms with Crippen molar-refractivity contribution >= 4 is 52.0 Å². The molecular formula is C18H15Cl2FN4S. The number of halogens is 3. The summed E-state index contributed by atoms with van der Waals surface area (Å²) in [6, 6.07) is 12.3. The number of rotatable bonds is 4. The molecule has 134 valence electrons. The maximum atomic E-state index is 13.9. The molecular weight excluding hydrogens is 394 g/mol. The van der Waals surface area contributed by atoms with E-state index in [0.29, 0.717) is 26.5 Å². The lowest BCUT2D eigenvalue weighted by atomic mass is 10.2. The first-order valence-electron chi connectivity index (χ1n) is 7.73. The summed E-state index contributed by atoms with van der Waals surface area (Å²) in [5.74, 6) is -0.0143. The van der Waals surface area contributed by atoms with Gasteiger partial charge in [-0.05, 0) is 49.0 Å². The highest BCUT2D eigenvalue weighted by molar-refractivity contribution is 7.80. The fourth-order valence-corrected chi connectivity index (χ4v) is 3.04. The van der Waals surface area contributed by atoms with Crippen molar-refractivity contribution in [3.05, 3.63) is 75.7 Å². The zero-order chi connectivity index (χ0) is 18.7. The summed E-state index contributed by atoms with van der Waals surface area (Å²) in [6.45, 7) is 2.15. The molecule has 8 heteroatoms. The number of thiocarbonyl (C=S) groups is 1. The zero-order valence-corrected chi connectivity index (χ0v) is 16.1. The van der Waals surface area contributed by atoms with Crippen LogP contribution in [0.25, 0.3) is 0 Å². The summed E-state index contributed by atoms with van der Waals surface area (Å²) in [4.78, 5) is 0. The topological polar surface area (TPSA) is 41.9 Å². The number of aromatic nitrogens is 2. The van der Waals surface area contributed by atoms with Crippen LogP contribution in [0.4, 0.5) is 15.9 Å². The van der Waals surface area contributed by atoms with Gasteiger partial charge in [0.25, 0.3) is 0 Å². The van der Waals surface area contributed by atoms with E-state index in [9.17, 15) is 4.39 Å². The van der Waals surface area contributed by atoms with Gasteiger partial charge in [-0.25, -0.2) is 4.39 Å². The van der Waals surface area contributed by atoms with Crippen molar-refractivity contribution in [3.63, 3.8) is 0 Å². The smallest absolute Gasteiger partial charge is 0.176 e. The first kappa shape index (κ1) is 18.6. The Balaban J connectivity index is 1.71. The van der Waals surface area contributed by atoms with E-state index in [1.54, 1.807) is 18.3 Å². The van der Waals surface area contributed by atoms with Crippen LogP contribution in [0.15, 0.2) is 48.7 Å². The Morgan fingerprint density at radius 1 is 1.15 bits per heavy atom. The highest BCUT2D eigenvalue weighted by Gasteiger charge is 2.12. The van der Waals surface area contributed by atoms with Crippen LogP contribution in [0.1, 0.15) is 11.1 Å². The third kappa shape index (κ3) is 4.52. The van der Waals surface area contributed by atoms with Crippen molar-refractivity contribution in [1.82, 2.24) is 9.78 Å². The first-order chi connectivity index (χ1) is 12.4. The quantitative estimate of drug-likeness (QED) is 0.559. The molecule has 4 nitrogen and oxygen atoms in total. The number of anilines is 2. The Morgan fingerprint density at radius 2 is 1.92 bits per heavy atom. The van der Waals surface area contributed by atoms with Crippen molar-refractivity contribution in [3.8, 4) is 0 Å². The number of nitrogens with one attached hydrogen (secondary N) is 2. The highest BCUT2D eigenvalue weighted by atomic mass is 35.5. The predicted molar refractivity (Wildman–Crippen MR) is 109 cm³/mol. The van der Waals surface area contributed by atoms with Crippen LogP contribution in [-0.2, 0) is 6.54 Å². The monoisotopic (exact) mass is 408 g/mol. The van der Waals surface area contributed by atoms with Gasteiger partial charge in [-0.3, -0.25) is 4.68 Å². The van der Waals surface area contributed by atoms with E-state index in [0.717, 1.165) is 11.3 Å². The number of nitrogens with zero attached hydrogens (tertiary/aromatic N) is 2. The fraction of sp³-hybridized carbons (Fsp3) is 0.111. The molecule has 1 aromatic heterocycles. The molecule has 0 bridgehead atoms. The molecule has 0 aliphatic carbocycles. The van der Waals surface area contributed by atoms with Gasteiger partial charge in [-0.15, -0.1) is 0 Å². The van der Waals surface area contributed by atoms with Crippen molar-refractivity contribution in [2.24, 2.45) is 0 Å². The van der Waals surface area contributed by atoms with Gasteiger partial charge in [-0.2, -0.15) is 5.10 Å². The normalized spacial score (nSPS) is 10.6. The summed E-state index contributed by atoms with van der Waals surface area (Å²) < 4.78 is 15.4. The van der Waals surface area contributed by atoms with Crippen molar-refractivity contribution in [1.29, 1.82) is 0 Å². The van der Waals surface area contributed by atoms with E-state index in [4.69, 9.17) is 35.4 Å². The number of hydrogen-bond donors (Lipinski definition) is 2. The van der Waals surface area contributed by atoms with Gasteiger partial charge in [0, 0.05) is 22.5 Å². The van der Waals surface area contributed by atoms with E-state index in [1.807, 2.05) is 31.2 Å². The summed E-state index contributed by atoms with van der Waals surface area (Å²) >= 11 is 17.5. The molecule has 0 unspecified atom stereocenters. The Kier molecular flexibility index (Phi) is 5.76. The maximum absolute atomic E-state index is 13.9. The molecule has 0 aliphatic heterocycles. The van der Waals surface area contributed by atoms with Crippen LogP contribution >= 0.6 is 35.4 Å². The second-order valence-corrected chi connectivity index (χ2v) is 6.89. The number of benzene rings is 2. The lowest BCUT2D eigenvalue weighted by molar-refractivity contribution is 0.586. The van der Waals surface area contributed by atoms with Crippen LogP contribution in [0.3, 0.4) is 0 Å². The van der Waals surface area contributed by atoms with Gasteiger partial charge in [-0.1, -0.05) is 41.4 Å². The Morgan fingerprint density at radius 3 is 2.65 bits per heavy atom. The van der Waals surface area contributed by atoms with Gasteiger partial charge in [0.15, 0.2) is 10.9 Å². The first-order valence-corrected chi connectivity index (χ1v) is 8.89. The van der Waals surface area contributed by atoms with Crippen LogP contribution in [0, 0.1) is 12.7 Å². The fourth-order valence-electron chi connectivity index (χ4n) is 2.40. The molecule has 0 saturated carbocycles. The van der Waals surface area contributed by atoms with E-state index in [2.05, 4.69) is 15.7 Å². The van der Waals surface area contributed by atoms with Crippen LogP contribution < -0.4 is 10.6 Å². The van der Waals surface area contributed by atoms with Gasteiger partial charge < -0.3 is 10.6 Å². The molecule has 0 spiro atoms. The molecule has 3 aromatic rings. The average molecular weight is 409 g/mol. The lowest BCUT2D eigenvalue weighted by Crippen LogP contribution is -2.19. The molecule has 3 rings (SSSR count). The molecule has 0 aliphatic rings. The standard InChI is InChI=1S/C18H15Cl2FN4S/c1-11-4-2-5-12(8-11)22-18(26)23-17-15(20)10-25(24-17)9-13-14(19)6-3-7-16(13)21/h2-8,10H,9H2,1H3,(H2,22,23,24,26). The number of aryl methyl sites for hydroxylation is 1. The van der Waals surface area contributed by atoms with Crippen LogP contribution in [-0.4, -0.2) is 14.9 Å². The molecule has 0 radical (unpaired) electrons. The minimum absolute atomic E-state index is 0.158. The molecule has 0 amide bonds.